The molecule has 0 aromatic heterocycles. The van der Waals surface area contributed by atoms with E-state index in [1.807, 2.05) is 4.90 Å². The number of likely N-dealkylation sites (tertiary alicyclic amines) is 2. The van der Waals surface area contributed by atoms with Crippen LogP contribution in [0.2, 0.25) is 0 Å². The lowest BCUT2D eigenvalue weighted by atomic mass is 9.84. The number of ether oxygens (including phenoxy) is 2. The zero-order chi connectivity index (χ0) is 34.4. The molecule has 0 spiro atoms. The number of anilines is 1. The second-order valence-corrected chi connectivity index (χ2v) is 13.8. The quantitative estimate of drug-likeness (QED) is 0.343. The zero-order valence-electron chi connectivity index (χ0n) is 27.1. The summed E-state index contributed by atoms with van der Waals surface area (Å²) in [6, 6.07) is 10.2. The first-order valence-electron chi connectivity index (χ1n) is 16.5. The van der Waals surface area contributed by atoms with E-state index in [2.05, 4.69) is 0 Å². The third-order valence-corrected chi connectivity index (χ3v) is 10.9. The molecule has 48 heavy (non-hydrogen) atoms. The average molecular weight is 680 g/mol. The van der Waals surface area contributed by atoms with Gasteiger partial charge in [-0.1, -0.05) is 24.6 Å². The number of rotatable bonds is 9. The maximum Gasteiger partial charge on any atom is 0.416 e. The number of methoxy groups -OCH3 is 2. The van der Waals surface area contributed by atoms with E-state index in [9.17, 15) is 27.9 Å². The fraction of sp³-hybridized carbons (Fsp3) is 0.600. The summed E-state index contributed by atoms with van der Waals surface area (Å²) < 4.78 is 86.9. The third kappa shape index (κ3) is 6.35. The molecule has 0 bridgehead atoms. The number of amides is 1. The van der Waals surface area contributed by atoms with Gasteiger partial charge in [0, 0.05) is 63.4 Å². The third-order valence-electron chi connectivity index (χ3n) is 10.9. The second kappa shape index (κ2) is 13.1. The largest absolute Gasteiger partial charge is 0.497 e. The van der Waals surface area contributed by atoms with E-state index in [0.717, 1.165) is 31.4 Å². The number of carboxylic acids is 1. The van der Waals surface area contributed by atoms with Crippen molar-refractivity contribution in [2.45, 2.75) is 67.5 Å². The Morgan fingerprint density at radius 3 is 2.19 bits per heavy atom. The summed E-state index contributed by atoms with van der Waals surface area (Å²) in [5.41, 5.74) is -4.51. The smallest absolute Gasteiger partial charge is 0.416 e. The number of piperidine rings is 1. The van der Waals surface area contributed by atoms with Crippen molar-refractivity contribution in [1.29, 1.82) is 0 Å². The van der Waals surface area contributed by atoms with E-state index in [4.69, 9.17) is 9.47 Å². The Kier molecular flexibility index (Phi) is 9.40. The van der Waals surface area contributed by atoms with Gasteiger partial charge in [-0.15, -0.1) is 0 Å². The Balaban J connectivity index is 1.34. The van der Waals surface area contributed by atoms with Crippen LogP contribution in [0.1, 0.15) is 60.6 Å². The van der Waals surface area contributed by atoms with Crippen molar-refractivity contribution < 1.29 is 46.1 Å². The van der Waals surface area contributed by atoms with Crippen molar-refractivity contribution >= 4 is 17.6 Å². The Morgan fingerprint density at radius 1 is 0.938 bits per heavy atom. The minimum Gasteiger partial charge on any atom is -0.497 e. The summed E-state index contributed by atoms with van der Waals surface area (Å²) in [5.74, 6) is -3.79. The summed E-state index contributed by atoms with van der Waals surface area (Å²) in [7, 11) is 2.83. The predicted octanol–water partition coefficient (Wildman–Crippen LogP) is 5.66. The molecule has 4 atom stereocenters. The SMILES string of the molecule is COC[C@@]1(F)CN(C(=O)[C@]2(F)CN(C3CCC3)C[C@H]2c2ccc(OC)cc2)C[C@@H]1c1ccc(C(F)(F)F)cc1N1CCC(C(=O)O)CC1. The monoisotopic (exact) mass is 679 g/mol. The van der Waals surface area contributed by atoms with Crippen LogP contribution in [0.25, 0.3) is 0 Å². The maximum absolute atomic E-state index is 17.5. The van der Waals surface area contributed by atoms with Crippen molar-refractivity contribution in [3.8, 4) is 5.75 Å². The first-order chi connectivity index (χ1) is 22.8. The number of hydrogen-bond donors (Lipinski definition) is 1. The number of hydrogen-bond acceptors (Lipinski definition) is 6. The van der Waals surface area contributed by atoms with E-state index >= 15 is 8.78 Å². The molecule has 3 saturated heterocycles. The predicted molar refractivity (Wildman–Crippen MR) is 168 cm³/mol. The highest BCUT2D eigenvalue weighted by atomic mass is 19.4. The van der Waals surface area contributed by atoms with Gasteiger partial charge in [0.1, 0.15) is 5.75 Å². The lowest BCUT2D eigenvalue weighted by molar-refractivity contribution is -0.144. The topological polar surface area (TPSA) is 82.6 Å². The first-order valence-corrected chi connectivity index (χ1v) is 16.5. The van der Waals surface area contributed by atoms with Crippen molar-refractivity contribution in [2.24, 2.45) is 5.92 Å². The van der Waals surface area contributed by atoms with Gasteiger partial charge in [-0.3, -0.25) is 14.5 Å². The molecule has 3 heterocycles. The number of carbonyl (C=O) groups is 2. The summed E-state index contributed by atoms with van der Waals surface area (Å²) >= 11 is 0. The molecule has 6 rings (SSSR count). The minimum absolute atomic E-state index is 0.134. The molecular weight excluding hydrogens is 637 g/mol. The van der Waals surface area contributed by atoms with Crippen LogP contribution in [0.5, 0.6) is 5.75 Å². The van der Waals surface area contributed by atoms with Crippen LogP contribution >= 0.6 is 0 Å². The molecule has 0 unspecified atom stereocenters. The van der Waals surface area contributed by atoms with Crippen LogP contribution in [-0.4, -0.2) is 104 Å². The number of aliphatic carboxylic acids is 1. The normalized spacial score (nSPS) is 28.9. The molecule has 262 valence electrons. The summed E-state index contributed by atoms with van der Waals surface area (Å²) in [6.45, 7) is -0.689. The van der Waals surface area contributed by atoms with Gasteiger partial charge in [-0.2, -0.15) is 13.2 Å². The molecule has 8 nitrogen and oxygen atoms in total. The van der Waals surface area contributed by atoms with Gasteiger partial charge in [0.15, 0.2) is 5.67 Å². The highest BCUT2D eigenvalue weighted by molar-refractivity contribution is 5.88. The lowest BCUT2D eigenvalue weighted by Crippen LogP contribution is -2.51. The fourth-order valence-corrected chi connectivity index (χ4v) is 8.01. The molecular formula is C35H42F5N3O5. The van der Waals surface area contributed by atoms with Crippen LogP contribution < -0.4 is 9.64 Å². The number of carboxylic acid groups (broad SMARTS) is 1. The van der Waals surface area contributed by atoms with Gasteiger partial charge in [0.25, 0.3) is 5.91 Å². The van der Waals surface area contributed by atoms with Crippen molar-refractivity contribution in [3.63, 3.8) is 0 Å². The van der Waals surface area contributed by atoms with Gasteiger partial charge in [0.2, 0.25) is 5.67 Å². The van der Waals surface area contributed by atoms with E-state index in [1.54, 1.807) is 29.2 Å². The fourth-order valence-electron chi connectivity index (χ4n) is 8.01. The molecule has 0 radical (unpaired) electrons. The first kappa shape index (κ1) is 34.4. The molecule has 3 aliphatic heterocycles. The van der Waals surface area contributed by atoms with Crippen molar-refractivity contribution in [1.82, 2.24) is 9.80 Å². The standard InChI is InChI=1S/C35H42F5N3O5/c1-47-21-33(36)19-43(32(46)34(37)20-42(25-4-3-5-25)17-28(34)22-6-9-26(48-2)10-7-22)18-29(33)27-11-8-24(35(38,39)40)16-30(27)41-14-12-23(13-15-41)31(44)45/h6-11,16,23,25,28-29H,3-5,12-15,17-21H2,1-2H3,(H,44,45)/t28-,29+,33-,34-/m0/s1. The number of nitrogens with zero attached hydrogens (tertiary/aromatic N) is 3. The van der Waals surface area contributed by atoms with Crippen LogP contribution in [-0.2, 0) is 20.5 Å². The van der Waals surface area contributed by atoms with E-state index in [-0.39, 0.29) is 56.3 Å². The van der Waals surface area contributed by atoms with Gasteiger partial charge in [-0.25, -0.2) is 8.78 Å². The number of benzene rings is 2. The van der Waals surface area contributed by atoms with Crippen molar-refractivity contribution in [3.05, 3.63) is 59.2 Å². The molecule has 2 aromatic rings. The van der Waals surface area contributed by atoms with Gasteiger partial charge in [-0.05, 0) is 61.1 Å². The van der Waals surface area contributed by atoms with Crippen LogP contribution in [0.4, 0.5) is 27.6 Å². The highest BCUT2D eigenvalue weighted by Crippen LogP contribution is 2.49. The van der Waals surface area contributed by atoms with Gasteiger partial charge in [0.05, 0.1) is 31.7 Å². The van der Waals surface area contributed by atoms with Gasteiger partial charge >= 0.3 is 12.1 Å². The average Bonchev–Trinajstić information content (AvgIpc) is 3.56. The van der Waals surface area contributed by atoms with Crippen LogP contribution in [0.15, 0.2) is 42.5 Å². The molecule has 2 aromatic carbocycles. The van der Waals surface area contributed by atoms with Crippen molar-refractivity contribution in [2.75, 3.05) is 65.0 Å². The van der Waals surface area contributed by atoms with E-state index < -0.39 is 65.9 Å². The Bertz CT molecular complexity index is 1500. The molecule has 4 aliphatic rings. The molecule has 1 N–H and O–H groups in total. The molecule has 1 saturated carbocycles. The Labute approximate surface area is 276 Å². The van der Waals surface area contributed by atoms with Gasteiger partial charge < -0.3 is 24.4 Å². The summed E-state index contributed by atoms with van der Waals surface area (Å²) in [5, 5.41) is 9.46. The number of alkyl halides is 5. The molecule has 1 amide bonds. The van der Waals surface area contributed by atoms with E-state index in [1.165, 1.54) is 25.2 Å². The highest BCUT2D eigenvalue weighted by Gasteiger charge is 2.60. The molecule has 13 heteroatoms. The molecule has 1 aliphatic carbocycles. The zero-order valence-corrected chi connectivity index (χ0v) is 27.1. The summed E-state index contributed by atoms with van der Waals surface area (Å²) in [6.07, 6.45) is -1.39. The lowest BCUT2D eigenvalue weighted by Gasteiger charge is -2.36. The number of halogens is 5. The number of carbonyl (C=O) groups excluding carboxylic acids is 1. The minimum atomic E-state index is -4.67. The Morgan fingerprint density at radius 2 is 1.62 bits per heavy atom. The maximum atomic E-state index is 17.5. The summed E-state index contributed by atoms with van der Waals surface area (Å²) in [4.78, 5) is 30.8. The van der Waals surface area contributed by atoms with Crippen LogP contribution in [0.3, 0.4) is 0 Å². The Hall–Kier alpha value is -3.45. The second-order valence-electron chi connectivity index (χ2n) is 13.8. The molecule has 4 fully saturated rings. The van der Waals surface area contributed by atoms with Crippen LogP contribution in [0, 0.1) is 5.92 Å². The van der Waals surface area contributed by atoms with E-state index in [0.29, 0.717) is 17.9 Å².